The van der Waals surface area contributed by atoms with Crippen molar-refractivity contribution in [3.8, 4) is 0 Å². The number of likely N-dealkylation sites (tertiary alicyclic amines) is 1. The Morgan fingerprint density at radius 2 is 2.26 bits per heavy atom. The van der Waals surface area contributed by atoms with Crippen LogP contribution in [0.3, 0.4) is 0 Å². The van der Waals surface area contributed by atoms with Crippen LogP contribution in [0.2, 0.25) is 10.0 Å². The van der Waals surface area contributed by atoms with E-state index < -0.39 is 18.1 Å². The van der Waals surface area contributed by atoms with Gasteiger partial charge in [0.2, 0.25) is 0 Å². The zero-order chi connectivity index (χ0) is 19.6. The first-order valence-electron chi connectivity index (χ1n) is 8.19. The van der Waals surface area contributed by atoms with Crippen molar-refractivity contribution < 1.29 is 19.4 Å². The average Bonchev–Trinajstić information content (AvgIpc) is 3.25. The summed E-state index contributed by atoms with van der Waals surface area (Å²) in [4.78, 5) is 32.2. The second-order valence-corrected chi connectivity index (χ2v) is 7.86. The van der Waals surface area contributed by atoms with Gasteiger partial charge in [0, 0.05) is 23.8 Å². The number of aryl methyl sites for hydroxylation is 1. The maximum atomic E-state index is 12.6. The summed E-state index contributed by atoms with van der Waals surface area (Å²) in [5.74, 6) is -0.411. The molecule has 27 heavy (non-hydrogen) atoms. The van der Waals surface area contributed by atoms with Crippen molar-refractivity contribution >= 4 is 46.5 Å². The highest BCUT2D eigenvalue weighted by atomic mass is 35.5. The fraction of sp³-hybridized carbons (Fsp3) is 0.438. The molecule has 0 spiro atoms. The van der Waals surface area contributed by atoms with Crippen molar-refractivity contribution in [3.63, 3.8) is 0 Å². The minimum Gasteiger partial charge on any atom is -0.465 e. The minimum absolute atomic E-state index is 0.157. The summed E-state index contributed by atoms with van der Waals surface area (Å²) in [6.07, 6.45) is 0.572. The molecule has 0 saturated carbocycles. The largest absolute Gasteiger partial charge is 0.465 e. The number of ether oxygens (including phenoxy) is 1. The Labute approximate surface area is 169 Å². The molecule has 1 aliphatic rings. The number of aromatic amines is 1. The lowest BCUT2D eigenvalue weighted by molar-refractivity contribution is -0.0251. The smallest absolute Gasteiger partial charge is 0.407 e. The number of carbonyl (C=O) groups is 2. The quantitative estimate of drug-likeness (QED) is 0.672. The van der Waals surface area contributed by atoms with Gasteiger partial charge in [-0.2, -0.15) is 0 Å². The van der Waals surface area contributed by atoms with E-state index in [9.17, 15) is 14.7 Å². The van der Waals surface area contributed by atoms with Crippen molar-refractivity contribution in [1.29, 1.82) is 0 Å². The highest BCUT2D eigenvalue weighted by molar-refractivity contribution is 7.09. The fourth-order valence-electron chi connectivity index (χ4n) is 2.90. The van der Waals surface area contributed by atoms with E-state index in [1.807, 2.05) is 5.38 Å². The van der Waals surface area contributed by atoms with Gasteiger partial charge in [0.05, 0.1) is 35.3 Å². The molecule has 2 amide bonds. The zero-order valence-electron chi connectivity index (χ0n) is 14.4. The number of nitrogens with one attached hydrogen (secondary N) is 2. The van der Waals surface area contributed by atoms with Crippen LogP contribution in [0.15, 0.2) is 11.6 Å². The topological polar surface area (TPSA) is 108 Å². The molecule has 3 N–H and O–H groups in total. The van der Waals surface area contributed by atoms with Crippen LogP contribution in [0.4, 0.5) is 4.79 Å². The van der Waals surface area contributed by atoms with Crippen molar-refractivity contribution in [2.24, 2.45) is 0 Å². The van der Waals surface area contributed by atoms with Crippen molar-refractivity contribution in [3.05, 3.63) is 38.0 Å². The number of carbonyl (C=O) groups excluding carboxylic acids is 1. The highest BCUT2D eigenvalue weighted by Crippen LogP contribution is 2.29. The summed E-state index contributed by atoms with van der Waals surface area (Å²) >= 11 is 13.6. The number of hydrogen-bond acceptors (Lipinski definition) is 5. The van der Waals surface area contributed by atoms with Crippen LogP contribution in [0, 0.1) is 6.92 Å². The van der Waals surface area contributed by atoms with Crippen LogP contribution in [0.5, 0.6) is 0 Å². The van der Waals surface area contributed by atoms with Gasteiger partial charge in [-0.1, -0.05) is 23.2 Å². The Bertz CT molecular complexity index is 827. The van der Waals surface area contributed by atoms with E-state index in [0.717, 1.165) is 5.01 Å². The van der Waals surface area contributed by atoms with Gasteiger partial charge in [-0.05, 0) is 13.3 Å². The summed E-state index contributed by atoms with van der Waals surface area (Å²) < 4.78 is 5.88. The van der Waals surface area contributed by atoms with Gasteiger partial charge in [0.15, 0.2) is 0 Å². The number of hydrogen-bond donors (Lipinski definition) is 3. The van der Waals surface area contributed by atoms with Crippen LogP contribution in [0.25, 0.3) is 0 Å². The van der Waals surface area contributed by atoms with E-state index in [2.05, 4.69) is 15.3 Å². The maximum Gasteiger partial charge on any atom is 0.407 e. The summed E-state index contributed by atoms with van der Waals surface area (Å²) in [6, 6.07) is -0.369. The number of amides is 2. The molecule has 1 fully saturated rings. The fourth-order valence-corrected chi connectivity index (χ4v) is 3.85. The first kappa shape index (κ1) is 19.9. The molecule has 1 aliphatic heterocycles. The maximum absolute atomic E-state index is 12.6. The molecule has 0 aliphatic carbocycles. The third kappa shape index (κ3) is 4.55. The molecule has 2 atom stereocenters. The number of thiazole rings is 1. The molecule has 3 heterocycles. The molecule has 11 heteroatoms. The summed E-state index contributed by atoms with van der Waals surface area (Å²) in [5.41, 5.74) is 0.780. The number of halogens is 2. The van der Waals surface area contributed by atoms with Crippen LogP contribution >= 0.6 is 34.5 Å². The standard InChI is InChI=1S/C16H18Cl2N4O4S/c1-8-12(17)13(18)14(20-8)15(23)21-9-2-4-22(16(24)25)6-10(9)26-7-11-19-3-5-27-11/h3,5,9-10,20H,2,4,6-7H2,1H3,(H,21,23)(H,24,25). The lowest BCUT2D eigenvalue weighted by Gasteiger charge is -2.37. The molecular weight excluding hydrogens is 415 g/mol. The summed E-state index contributed by atoms with van der Waals surface area (Å²) in [7, 11) is 0. The molecule has 3 rings (SSSR count). The SMILES string of the molecule is Cc1[nH]c(C(=O)NC2CCN(C(=O)O)CC2OCc2nccs2)c(Cl)c1Cl. The molecule has 0 bridgehead atoms. The van der Waals surface area contributed by atoms with Crippen LogP contribution in [0.1, 0.15) is 27.6 Å². The number of rotatable bonds is 5. The van der Waals surface area contributed by atoms with Gasteiger partial charge in [-0.15, -0.1) is 11.3 Å². The van der Waals surface area contributed by atoms with E-state index in [1.54, 1.807) is 13.1 Å². The first-order chi connectivity index (χ1) is 12.9. The Kier molecular flexibility index (Phi) is 6.25. The van der Waals surface area contributed by atoms with E-state index in [-0.39, 0.29) is 29.9 Å². The normalized spacial score (nSPS) is 19.9. The first-order valence-corrected chi connectivity index (χ1v) is 9.82. The number of nitrogens with zero attached hydrogens (tertiary/aromatic N) is 2. The van der Waals surface area contributed by atoms with Crippen LogP contribution < -0.4 is 5.32 Å². The molecule has 2 aromatic heterocycles. The third-order valence-corrected chi connectivity index (χ3v) is 6.03. The second-order valence-electron chi connectivity index (χ2n) is 6.13. The van der Waals surface area contributed by atoms with Crippen molar-refractivity contribution in [2.75, 3.05) is 13.1 Å². The van der Waals surface area contributed by atoms with Gasteiger partial charge in [-0.25, -0.2) is 9.78 Å². The Morgan fingerprint density at radius 1 is 1.48 bits per heavy atom. The Balaban J connectivity index is 1.71. The predicted molar refractivity (Wildman–Crippen MR) is 102 cm³/mol. The average molecular weight is 433 g/mol. The number of carboxylic acid groups (broad SMARTS) is 1. The van der Waals surface area contributed by atoms with E-state index in [4.69, 9.17) is 27.9 Å². The third-order valence-electron chi connectivity index (χ3n) is 4.33. The Morgan fingerprint density at radius 3 is 2.85 bits per heavy atom. The van der Waals surface area contributed by atoms with Gasteiger partial charge >= 0.3 is 6.09 Å². The monoisotopic (exact) mass is 432 g/mol. The molecule has 1 saturated heterocycles. The lowest BCUT2D eigenvalue weighted by atomic mass is 10.0. The van der Waals surface area contributed by atoms with Crippen LogP contribution in [-0.4, -0.2) is 57.2 Å². The summed E-state index contributed by atoms with van der Waals surface area (Å²) in [5, 5.41) is 15.2. The van der Waals surface area contributed by atoms with Gasteiger partial charge in [0.1, 0.15) is 10.7 Å². The minimum atomic E-state index is -1.02. The number of H-pyrrole nitrogens is 1. The molecule has 8 nitrogen and oxygen atoms in total. The van der Waals surface area contributed by atoms with E-state index in [0.29, 0.717) is 23.7 Å². The van der Waals surface area contributed by atoms with Gasteiger partial charge in [-0.3, -0.25) is 4.79 Å². The predicted octanol–water partition coefficient (Wildman–Crippen LogP) is 3.15. The van der Waals surface area contributed by atoms with Gasteiger partial charge < -0.3 is 25.0 Å². The van der Waals surface area contributed by atoms with E-state index in [1.165, 1.54) is 16.2 Å². The van der Waals surface area contributed by atoms with Gasteiger partial charge in [0.25, 0.3) is 5.91 Å². The number of aromatic nitrogens is 2. The van der Waals surface area contributed by atoms with Crippen molar-refractivity contribution in [2.45, 2.75) is 32.1 Å². The molecule has 0 radical (unpaired) electrons. The Hall–Kier alpha value is -1.81. The molecule has 146 valence electrons. The van der Waals surface area contributed by atoms with E-state index >= 15 is 0 Å². The number of piperidine rings is 1. The lowest BCUT2D eigenvalue weighted by Crippen LogP contribution is -2.56. The van der Waals surface area contributed by atoms with Crippen molar-refractivity contribution in [1.82, 2.24) is 20.2 Å². The molecule has 2 aromatic rings. The molecule has 0 aromatic carbocycles. The zero-order valence-corrected chi connectivity index (χ0v) is 16.7. The molecule has 2 unspecified atom stereocenters. The second kappa shape index (κ2) is 8.47. The summed E-state index contributed by atoms with van der Waals surface area (Å²) in [6.45, 7) is 2.42. The van der Waals surface area contributed by atoms with Crippen LogP contribution in [-0.2, 0) is 11.3 Å². The highest BCUT2D eigenvalue weighted by Gasteiger charge is 2.34. The molecular formula is C16H18Cl2N4O4S.